The van der Waals surface area contributed by atoms with Crippen LogP contribution in [0.5, 0.6) is 5.88 Å². The summed E-state index contributed by atoms with van der Waals surface area (Å²) in [7, 11) is 1.62. The van der Waals surface area contributed by atoms with Crippen molar-refractivity contribution in [3.05, 3.63) is 57.6 Å². The fourth-order valence-electron chi connectivity index (χ4n) is 2.83. The SMILES string of the molecule is COc1cc(CNC2CCCc3[nH]c(=O)ccc32)ccn1. The average molecular weight is 285 g/mol. The third kappa shape index (κ3) is 3.13. The van der Waals surface area contributed by atoms with Crippen molar-refractivity contribution in [1.29, 1.82) is 0 Å². The Hall–Kier alpha value is -2.14. The first kappa shape index (κ1) is 13.8. The largest absolute Gasteiger partial charge is 0.481 e. The molecule has 0 aliphatic heterocycles. The van der Waals surface area contributed by atoms with Crippen molar-refractivity contribution >= 4 is 0 Å². The highest BCUT2D eigenvalue weighted by molar-refractivity contribution is 5.27. The molecule has 0 fully saturated rings. The van der Waals surface area contributed by atoms with Crippen LogP contribution in [0.15, 0.2) is 35.3 Å². The van der Waals surface area contributed by atoms with E-state index in [9.17, 15) is 4.79 Å². The zero-order valence-corrected chi connectivity index (χ0v) is 12.1. The van der Waals surface area contributed by atoms with Crippen LogP contribution in [-0.2, 0) is 13.0 Å². The lowest BCUT2D eigenvalue weighted by atomic mass is 9.91. The summed E-state index contributed by atoms with van der Waals surface area (Å²) in [4.78, 5) is 18.5. The van der Waals surface area contributed by atoms with Crippen LogP contribution in [0.25, 0.3) is 0 Å². The summed E-state index contributed by atoms with van der Waals surface area (Å²) in [6, 6.07) is 7.74. The number of hydrogen-bond donors (Lipinski definition) is 2. The zero-order valence-electron chi connectivity index (χ0n) is 12.1. The number of hydrogen-bond acceptors (Lipinski definition) is 4. The fraction of sp³-hybridized carbons (Fsp3) is 0.375. The summed E-state index contributed by atoms with van der Waals surface area (Å²) in [5, 5.41) is 3.56. The Morgan fingerprint density at radius 3 is 3.19 bits per heavy atom. The lowest BCUT2D eigenvalue weighted by Crippen LogP contribution is -2.27. The first-order chi connectivity index (χ1) is 10.3. The summed E-state index contributed by atoms with van der Waals surface area (Å²) >= 11 is 0. The van der Waals surface area contributed by atoms with E-state index in [0.717, 1.165) is 37.1 Å². The van der Waals surface area contributed by atoms with E-state index in [2.05, 4.69) is 15.3 Å². The average Bonchev–Trinajstić information content (AvgIpc) is 2.52. The van der Waals surface area contributed by atoms with E-state index in [1.807, 2.05) is 18.2 Å². The van der Waals surface area contributed by atoms with Gasteiger partial charge < -0.3 is 15.0 Å². The van der Waals surface area contributed by atoms with E-state index in [1.54, 1.807) is 19.4 Å². The summed E-state index contributed by atoms with van der Waals surface area (Å²) in [5.74, 6) is 0.627. The van der Waals surface area contributed by atoms with Crippen LogP contribution >= 0.6 is 0 Å². The molecule has 0 saturated carbocycles. The molecular weight excluding hydrogens is 266 g/mol. The van der Waals surface area contributed by atoms with Crippen LogP contribution in [0.1, 0.15) is 35.7 Å². The number of H-pyrrole nitrogens is 1. The maximum Gasteiger partial charge on any atom is 0.248 e. The Kier molecular flexibility index (Phi) is 4.01. The van der Waals surface area contributed by atoms with Crippen LogP contribution in [0.3, 0.4) is 0 Å². The quantitative estimate of drug-likeness (QED) is 0.901. The van der Waals surface area contributed by atoms with E-state index in [1.165, 1.54) is 5.56 Å². The topological polar surface area (TPSA) is 67.0 Å². The van der Waals surface area contributed by atoms with Crippen molar-refractivity contribution in [3.8, 4) is 5.88 Å². The molecule has 0 radical (unpaired) electrons. The van der Waals surface area contributed by atoms with Gasteiger partial charge in [0.1, 0.15) is 0 Å². The number of nitrogens with one attached hydrogen (secondary N) is 2. The Morgan fingerprint density at radius 1 is 1.43 bits per heavy atom. The first-order valence-electron chi connectivity index (χ1n) is 7.20. The predicted octanol–water partition coefficient (Wildman–Crippen LogP) is 1.95. The minimum Gasteiger partial charge on any atom is -0.481 e. The monoisotopic (exact) mass is 285 g/mol. The van der Waals surface area contributed by atoms with Gasteiger partial charge >= 0.3 is 0 Å². The number of methoxy groups -OCH3 is 1. The van der Waals surface area contributed by atoms with Crippen molar-refractivity contribution in [2.45, 2.75) is 31.8 Å². The number of pyridine rings is 2. The molecule has 1 aliphatic carbocycles. The van der Waals surface area contributed by atoms with Gasteiger partial charge in [-0.15, -0.1) is 0 Å². The molecule has 2 aromatic heterocycles. The van der Waals surface area contributed by atoms with Gasteiger partial charge in [0.05, 0.1) is 7.11 Å². The fourth-order valence-corrected chi connectivity index (χ4v) is 2.83. The van der Waals surface area contributed by atoms with E-state index >= 15 is 0 Å². The smallest absolute Gasteiger partial charge is 0.248 e. The number of aromatic nitrogens is 2. The highest BCUT2D eigenvalue weighted by atomic mass is 16.5. The molecule has 0 spiro atoms. The summed E-state index contributed by atoms with van der Waals surface area (Å²) in [6.07, 6.45) is 4.88. The van der Waals surface area contributed by atoms with Gasteiger partial charge in [-0.3, -0.25) is 4.79 Å². The van der Waals surface area contributed by atoms with Crippen LogP contribution in [0, 0.1) is 0 Å². The van der Waals surface area contributed by atoms with Gasteiger partial charge in [-0.05, 0) is 36.5 Å². The van der Waals surface area contributed by atoms with Gasteiger partial charge in [-0.25, -0.2) is 4.98 Å². The van der Waals surface area contributed by atoms with Crippen molar-refractivity contribution in [2.24, 2.45) is 0 Å². The lowest BCUT2D eigenvalue weighted by Gasteiger charge is -2.26. The van der Waals surface area contributed by atoms with Gasteiger partial charge in [0.2, 0.25) is 11.4 Å². The highest BCUT2D eigenvalue weighted by Gasteiger charge is 2.20. The Bertz CT molecular complexity index is 681. The van der Waals surface area contributed by atoms with Crippen molar-refractivity contribution in [2.75, 3.05) is 7.11 Å². The molecule has 2 N–H and O–H groups in total. The minimum atomic E-state index is -0.0201. The van der Waals surface area contributed by atoms with Gasteiger partial charge in [0.25, 0.3) is 0 Å². The number of nitrogens with zero attached hydrogens (tertiary/aromatic N) is 1. The Labute approximate surface area is 123 Å². The minimum absolute atomic E-state index is 0.0201. The molecule has 3 rings (SSSR count). The number of fused-ring (bicyclic) bond motifs is 1. The first-order valence-corrected chi connectivity index (χ1v) is 7.20. The molecule has 5 heteroatoms. The van der Waals surface area contributed by atoms with Crippen molar-refractivity contribution in [1.82, 2.24) is 15.3 Å². The molecule has 2 heterocycles. The van der Waals surface area contributed by atoms with Crippen molar-refractivity contribution < 1.29 is 4.74 Å². The third-order valence-electron chi connectivity index (χ3n) is 3.89. The third-order valence-corrected chi connectivity index (χ3v) is 3.89. The number of aromatic amines is 1. The molecule has 21 heavy (non-hydrogen) atoms. The Morgan fingerprint density at radius 2 is 2.33 bits per heavy atom. The molecule has 1 aliphatic rings. The summed E-state index contributed by atoms with van der Waals surface area (Å²) in [5.41, 5.74) is 3.40. The normalized spacial score (nSPS) is 17.3. The zero-order chi connectivity index (χ0) is 14.7. The number of rotatable bonds is 4. The Balaban J connectivity index is 1.73. The molecule has 0 amide bonds. The van der Waals surface area contributed by atoms with E-state index in [4.69, 9.17) is 4.74 Å². The molecule has 0 bridgehead atoms. The molecule has 2 aromatic rings. The predicted molar refractivity (Wildman–Crippen MR) is 80.4 cm³/mol. The van der Waals surface area contributed by atoms with Crippen LogP contribution in [0.4, 0.5) is 0 Å². The molecule has 110 valence electrons. The molecule has 1 atom stereocenters. The van der Waals surface area contributed by atoms with Crippen molar-refractivity contribution in [3.63, 3.8) is 0 Å². The number of aryl methyl sites for hydroxylation is 1. The highest BCUT2D eigenvalue weighted by Crippen LogP contribution is 2.27. The standard InChI is InChI=1S/C16H19N3O2/c1-21-16-9-11(7-8-17-16)10-18-13-3-2-4-14-12(13)5-6-15(20)19-14/h5-9,13,18H,2-4,10H2,1H3,(H,19,20). The van der Waals surface area contributed by atoms with Gasteiger partial charge in [0, 0.05) is 36.6 Å². The van der Waals surface area contributed by atoms with Gasteiger partial charge in [0.15, 0.2) is 0 Å². The second kappa shape index (κ2) is 6.10. The van der Waals surface area contributed by atoms with Crippen LogP contribution in [0.2, 0.25) is 0 Å². The second-order valence-corrected chi connectivity index (χ2v) is 5.29. The van der Waals surface area contributed by atoms with E-state index in [-0.39, 0.29) is 11.6 Å². The van der Waals surface area contributed by atoms with Gasteiger partial charge in [-0.2, -0.15) is 0 Å². The maximum absolute atomic E-state index is 11.4. The van der Waals surface area contributed by atoms with Crippen LogP contribution in [-0.4, -0.2) is 17.1 Å². The molecule has 0 aromatic carbocycles. The van der Waals surface area contributed by atoms with Crippen LogP contribution < -0.4 is 15.6 Å². The second-order valence-electron chi connectivity index (χ2n) is 5.29. The summed E-state index contributed by atoms with van der Waals surface area (Å²) < 4.78 is 5.14. The maximum atomic E-state index is 11.4. The van der Waals surface area contributed by atoms with E-state index in [0.29, 0.717) is 5.88 Å². The van der Waals surface area contributed by atoms with Gasteiger partial charge in [-0.1, -0.05) is 6.07 Å². The summed E-state index contributed by atoms with van der Waals surface area (Å²) in [6.45, 7) is 0.752. The van der Waals surface area contributed by atoms with E-state index < -0.39 is 0 Å². The molecule has 0 saturated heterocycles. The molecule has 1 unspecified atom stereocenters. The number of ether oxygens (including phenoxy) is 1. The lowest BCUT2D eigenvalue weighted by molar-refractivity contribution is 0.396. The molecule has 5 nitrogen and oxygen atoms in total. The molecular formula is C16H19N3O2.